The van der Waals surface area contributed by atoms with Crippen molar-refractivity contribution >= 4 is 17.2 Å². The lowest BCUT2D eigenvalue weighted by Gasteiger charge is -2.13. The molecule has 1 aromatic carbocycles. The number of carbonyl (C=O) groups is 1. The van der Waals surface area contributed by atoms with Gasteiger partial charge in [-0.05, 0) is 53.4 Å². The summed E-state index contributed by atoms with van der Waals surface area (Å²) >= 11 is 1.67. The van der Waals surface area contributed by atoms with Crippen LogP contribution in [-0.2, 0) is 22.6 Å². The summed E-state index contributed by atoms with van der Waals surface area (Å²) in [6.07, 6.45) is 0.367. The fourth-order valence-corrected chi connectivity index (χ4v) is 2.67. The van der Waals surface area contributed by atoms with Gasteiger partial charge in [0.1, 0.15) is 11.9 Å². The second-order valence-corrected chi connectivity index (χ2v) is 5.76. The Labute approximate surface area is 135 Å². The Hall–Kier alpha value is -1.85. The Morgan fingerprint density at radius 2 is 2.18 bits per heavy atom. The molecule has 2 rings (SSSR count). The minimum absolute atomic E-state index is 0.0851. The molecule has 1 aromatic heterocycles. The molecule has 0 unspecified atom stereocenters. The van der Waals surface area contributed by atoms with Gasteiger partial charge in [0, 0.05) is 6.54 Å². The first-order valence-corrected chi connectivity index (χ1v) is 8.16. The summed E-state index contributed by atoms with van der Waals surface area (Å²) in [6.45, 7) is 2.78. The van der Waals surface area contributed by atoms with Crippen molar-refractivity contribution in [1.82, 2.24) is 5.32 Å². The molecule has 0 aliphatic carbocycles. The van der Waals surface area contributed by atoms with Crippen LogP contribution in [0.3, 0.4) is 0 Å². The van der Waals surface area contributed by atoms with Crippen molar-refractivity contribution in [3.8, 4) is 5.75 Å². The van der Waals surface area contributed by atoms with Crippen LogP contribution in [0, 0.1) is 0 Å². The van der Waals surface area contributed by atoms with Crippen molar-refractivity contribution in [3.05, 3.63) is 52.2 Å². The van der Waals surface area contributed by atoms with Gasteiger partial charge >= 0.3 is 0 Å². The zero-order valence-electron chi connectivity index (χ0n) is 12.9. The molecule has 5 heteroatoms. The highest BCUT2D eigenvalue weighted by atomic mass is 32.1. The van der Waals surface area contributed by atoms with Crippen LogP contribution in [0.5, 0.6) is 5.75 Å². The highest BCUT2D eigenvalue weighted by Gasteiger charge is 2.13. The molecule has 1 atom stereocenters. The first-order valence-electron chi connectivity index (χ1n) is 7.22. The molecule has 0 aliphatic heterocycles. The van der Waals surface area contributed by atoms with Gasteiger partial charge in [-0.2, -0.15) is 11.3 Å². The fraction of sp³-hybridized carbons (Fsp3) is 0.353. The molecule has 22 heavy (non-hydrogen) atoms. The number of ether oxygens (including phenoxy) is 2. The Kier molecular flexibility index (Phi) is 6.43. The molecule has 1 amide bonds. The van der Waals surface area contributed by atoms with Crippen LogP contribution in [-0.4, -0.2) is 25.7 Å². The van der Waals surface area contributed by atoms with Gasteiger partial charge in [0.15, 0.2) is 0 Å². The van der Waals surface area contributed by atoms with Crippen LogP contribution in [0.25, 0.3) is 0 Å². The van der Waals surface area contributed by atoms with E-state index in [2.05, 4.69) is 16.8 Å². The fourth-order valence-electron chi connectivity index (χ4n) is 1.97. The molecule has 0 aliphatic rings. The maximum atomic E-state index is 12.0. The van der Waals surface area contributed by atoms with Gasteiger partial charge < -0.3 is 14.8 Å². The third-order valence-corrected chi connectivity index (χ3v) is 4.03. The number of amides is 1. The summed E-state index contributed by atoms with van der Waals surface area (Å²) in [5.74, 6) is 0.701. The van der Waals surface area contributed by atoms with Gasteiger partial charge in [0.2, 0.25) is 5.91 Å². The normalized spacial score (nSPS) is 11.9. The standard InChI is InChI=1S/C17H21NO3S/c1-13(17(19)18-8-6-14-7-9-22-12-14)21-11-15-4-3-5-16(10-15)20-2/h3-5,7,9-10,12-13H,6,8,11H2,1-2H3,(H,18,19)/t13-/m0/s1. The molecule has 1 N–H and O–H groups in total. The van der Waals surface area contributed by atoms with Crippen LogP contribution in [0.1, 0.15) is 18.1 Å². The summed E-state index contributed by atoms with van der Waals surface area (Å²) < 4.78 is 10.8. The van der Waals surface area contributed by atoms with E-state index in [4.69, 9.17) is 9.47 Å². The highest BCUT2D eigenvalue weighted by Crippen LogP contribution is 2.14. The van der Waals surface area contributed by atoms with Crippen molar-refractivity contribution in [2.45, 2.75) is 26.1 Å². The van der Waals surface area contributed by atoms with Crippen molar-refractivity contribution in [3.63, 3.8) is 0 Å². The zero-order valence-corrected chi connectivity index (χ0v) is 13.7. The molecule has 0 saturated carbocycles. The van der Waals surface area contributed by atoms with Crippen molar-refractivity contribution in [1.29, 1.82) is 0 Å². The Balaban J connectivity index is 1.71. The van der Waals surface area contributed by atoms with Gasteiger partial charge in [0.05, 0.1) is 13.7 Å². The molecule has 118 valence electrons. The number of methoxy groups -OCH3 is 1. The van der Waals surface area contributed by atoms with Gasteiger partial charge in [-0.3, -0.25) is 4.79 Å². The van der Waals surface area contributed by atoms with Crippen molar-refractivity contribution in [2.75, 3.05) is 13.7 Å². The molecular formula is C17H21NO3S. The van der Waals surface area contributed by atoms with Crippen LogP contribution in [0.15, 0.2) is 41.1 Å². The number of carbonyl (C=O) groups excluding carboxylic acids is 1. The van der Waals surface area contributed by atoms with Gasteiger partial charge in [0.25, 0.3) is 0 Å². The maximum absolute atomic E-state index is 12.0. The Bertz CT molecular complexity index is 583. The lowest BCUT2D eigenvalue weighted by molar-refractivity contribution is -0.132. The van der Waals surface area contributed by atoms with E-state index in [1.807, 2.05) is 29.6 Å². The van der Waals surface area contributed by atoms with Crippen LogP contribution >= 0.6 is 11.3 Å². The maximum Gasteiger partial charge on any atom is 0.248 e. The Morgan fingerprint density at radius 1 is 1.32 bits per heavy atom. The third-order valence-electron chi connectivity index (χ3n) is 3.30. The SMILES string of the molecule is COc1cccc(CO[C@@H](C)C(=O)NCCc2ccsc2)c1. The quantitative estimate of drug-likeness (QED) is 0.813. The lowest BCUT2D eigenvalue weighted by Crippen LogP contribution is -2.35. The summed E-state index contributed by atoms with van der Waals surface area (Å²) in [5, 5.41) is 7.03. The van der Waals surface area contributed by atoms with Crippen molar-refractivity contribution in [2.24, 2.45) is 0 Å². The van der Waals surface area contributed by atoms with E-state index in [0.717, 1.165) is 17.7 Å². The summed E-state index contributed by atoms with van der Waals surface area (Å²) in [7, 11) is 1.63. The van der Waals surface area contributed by atoms with Gasteiger partial charge in [-0.25, -0.2) is 0 Å². The predicted octanol–water partition coefficient (Wildman–Crippen LogP) is 3.02. The molecule has 1 heterocycles. The number of thiophene rings is 1. The second-order valence-electron chi connectivity index (χ2n) is 4.98. The number of hydrogen-bond donors (Lipinski definition) is 1. The largest absolute Gasteiger partial charge is 0.497 e. The molecule has 0 radical (unpaired) electrons. The van der Waals surface area contributed by atoms with E-state index in [0.29, 0.717) is 13.2 Å². The monoisotopic (exact) mass is 319 g/mol. The smallest absolute Gasteiger partial charge is 0.248 e. The molecule has 2 aromatic rings. The molecule has 0 spiro atoms. The van der Waals surface area contributed by atoms with Crippen LogP contribution < -0.4 is 10.1 Å². The van der Waals surface area contributed by atoms with Crippen LogP contribution in [0.2, 0.25) is 0 Å². The summed E-state index contributed by atoms with van der Waals surface area (Å²) in [5.41, 5.74) is 2.23. The first-order chi connectivity index (χ1) is 10.7. The molecular weight excluding hydrogens is 298 g/mol. The van der Waals surface area contributed by atoms with E-state index < -0.39 is 6.10 Å². The number of nitrogens with one attached hydrogen (secondary N) is 1. The lowest BCUT2D eigenvalue weighted by atomic mass is 10.2. The Morgan fingerprint density at radius 3 is 2.91 bits per heavy atom. The summed E-state index contributed by atoms with van der Waals surface area (Å²) in [6, 6.07) is 9.71. The predicted molar refractivity (Wildman–Crippen MR) is 88.3 cm³/mol. The highest BCUT2D eigenvalue weighted by molar-refractivity contribution is 7.07. The zero-order chi connectivity index (χ0) is 15.8. The van der Waals surface area contributed by atoms with Gasteiger partial charge in [-0.15, -0.1) is 0 Å². The first kappa shape index (κ1) is 16.5. The number of hydrogen-bond acceptors (Lipinski definition) is 4. The second kappa shape index (κ2) is 8.56. The van der Waals surface area contributed by atoms with E-state index >= 15 is 0 Å². The average molecular weight is 319 g/mol. The summed E-state index contributed by atoms with van der Waals surface area (Å²) in [4.78, 5) is 12.0. The molecule has 0 fully saturated rings. The van der Waals surface area contributed by atoms with E-state index in [1.54, 1.807) is 25.4 Å². The molecule has 0 saturated heterocycles. The molecule has 0 bridgehead atoms. The number of rotatable bonds is 8. The van der Waals surface area contributed by atoms with Crippen molar-refractivity contribution < 1.29 is 14.3 Å². The minimum Gasteiger partial charge on any atom is -0.497 e. The number of benzene rings is 1. The van der Waals surface area contributed by atoms with Gasteiger partial charge in [-0.1, -0.05) is 12.1 Å². The third kappa shape index (κ3) is 5.16. The average Bonchev–Trinajstić information content (AvgIpc) is 3.06. The van der Waals surface area contributed by atoms with E-state index in [1.165, 1.54) is 5.56 Å². The van der Waals surface area contributed by atoms with E-state index in [9.17, 15) is 4.79 Å². The topological polar surface area (TPSA) is 47.6 Å². The van der Waals surface area contributed by atoms with Crippen LogP contribution in [0.4, 0.5) is 0 Å². The minimum atomic E-state index is -0.478. The molecule has 4 nitrogen and oxygen atoms in total. The van der Waals surface area contributed by atoms with E-state index in [-0.39, 0.29) is 5.91 Å².